The molecule has 0 spiro atoms. The molecule has 0 radical (unpaired) electrons. The normalized spacial score (nSPS) is 16.9. The summed E-state index contributed by atoms with van der Waals surface area (Å²) in [4.78, 5) is 19.6. The molecule has 6 nitrogen and oxygen atoms in total. The van der Waals surface area contributed by atoms with E-state index in [1.807, 2.05) is 69.3 Å². The SMILES string of the molecule is Cc1cccc(NC(=O)CCN2C(=S)NC(c3ccccn3)C2c2cc(C)n(-c3cccc(F)c3)c2C)c1. The van der Waals surface area contributed by atoms with Crippen LogP contribution in [0.2, 0.25) is 0 Å². The maximum Gasteiger partial charge on any atom is 0.226 e. The molecule has 194 valence electrons. The summed E-state index contributed by atoms with van der Waals surface area (Å²) in [6.45, 7) is 6.47. The van der Waals surface area contributed by atoms with Crippen LogP contribution in [-0.2, 0) is 4.79 Å². The molecule has 1 amide bonds. The molecule has 5 rings (SSSR count). The predicted octanol–water partition coefficient (Wildman–Crippen LogP) is 5.94. The average molecular weight is 528 g/mol. The van der Waals surface area contributed by atoms with Gasteiger partial charge in [0.1, 0.15) is 5.82 Å². The Bertz CT molecular complexity index is 1490. The highest BCUT2D eigenvalue weighted by Gasteiger charge is 2.41. The number of nitrogens with zero attached hydrogens (tertiary/aromatic N) is 3. The highest BCUT2D eigenvalue weighted by Crippen LogP contribution is 2.41. The zero-order chi connectivity index (χ0) is 26.8. The monoisotopic (exact) mass is 527 g/mol. The van der Waals surface area contributed by atoms with E-state index in [-0.39, 0.29) is 30.2 Å². The Morgan fingerprint density at radius 2 is 1.87 bits per heavy atom. The van der Waals surface area contributed by atoms with Crippen LogP contribution in [0.5, 0.6) is 0 Å². The highest BCUT2D eigenvalue weighted by molar-refractivity contribution is 7.80. The molecule has 0 bridgehead atoms. The van der Waals surface area contributed by atoms with Gasteiger partial charge >= 0.3 is 0 Å². The Balaban J connectivity index is 1.47. The topological polar surface area (TPSA) is 62.2 Å². The van der Waals surface area contributed by atoms with Crippen LogP contribution in [0, 0.1) is 26.6 Å². The Labute approximate surface area is 227 Å². The van der Waals surface area contributed by atoms with Gasteiger partial charge in [0.05, 0.1) is 17.8 Å². The van der Waals surface area contributed by atoms with Crippen molar-refractivity contribution in [2.24, 2.45) is 0 Å². The second-order valence-corrected chi connectivity index (χ2v) is 10.0. The molecular formula is C30H30FN5OS. The summed E-state index contributed by atoms with van der Waals surface area (Å²) in [6.07, 6.45) is 2.04. The van der Waals surface area contributed by atoms with E-state index in [1.54, 1.807) is 12.3 Å². The smallest absolute Gasteiger partial charge is 0.226 e. The lowest BCUT2D eigenvalue weighted by atomic mass is 9.96. The van der Waals surface area contributed by atoms with Crippen LogP contribution in [0.1, 0.15) is 46.7 Å². The van der Waals surface area contributed by atoms with E-state index >= 15 is 0 Å². The first kappa shape index (κ1) is 25.6. The zero-order valence-electron chi connectivity index (χ0n) is 21.6. The largest absolute Gasteiger partial charge is 0.352 e. The summed E-state index contributed by atoms with van der Waals surface area (Å²) in [7, 11) is 0. The number of aromatic nitrogens is 2. The zero-order valence-corrected chi connectivity index (χ0v) is 22.4. The van der Waals surface area contributed by atoms with Gasteiger partial charge in [-0.15, -0.1) is 0 Å². The van der Waals surface area contributed by atoms with Crippen molar-refractivity contribution in [2.45, 2.75) is 39.3 Å². The molecule has 8 heteroatoms. The summed E-state index contributed by atoms with van der Waals surface area (Å²) in [6, 6.07) is 21.9. The first-order chi connectivity index (χ1) is 18.3. The molecule has 0 aliphatic carbocycles. The number of anilines is 1. The molecule has 2 aromatic carbocycles. The quantitative estimate of drug-likeness (QED) is 0.292. The molecule has 2 aromatic heterocycles. The van der Waals surface area contributed by atoms with Gasteiger partial charge in [0.2, 0.25) is 5.91 Å². The number of benzene rings is 2. The number of hydrogen-bond acceptors (Lipinski definition) is 3. The molecule has 1 aliphatic rings. The number of nitrogens with one attached hydrogen (secondary N) is 2. The van der Waals surface area contributed by atoms with Gasteiger partial charge in [-0.2, -0.15) is 0 Å². The number of carbonyl (C=O) groups excluding carboxylic acids is 1. The molecule has 2 atom stereocenters. The molecule has 2 unspecified atom stereocenters. The molecule has 4 aromatic rings. The summed E-state index contributed by atoms with van der Waals surface area (Å²) < 4.78 is 16.1. The summed E-state index contributed by atoms with van der Waals surface area (Å²) in [5, 5.41) is 7.01. The predicted molar refractivity (Wildman–Crippen MR) is 152 cm³/mol. The van der Waals surface area contributed by atoms with E-state index in [4.69, 9.17) is 12.2 Å². The third-order valence-corrected chi connectivity index (χ3v) is 7.29. The molecule has 38 heavy (non-hydrogen) atoms. The van der Waals surface area contributed by atoms with Crippen LogP contribution in [0.3, 0.4) is 0 Å². The van der Waals surface area contributed by atoms with Crippen molar-refractivity contribution in [3.8, 4) is 5.69 Å². The number of rotatable bonds is 7. The van der Waals surface area contributed by atoms with E-state index in [0.29, 0.717) is 11.7 Å². The molecule has 0 saturated carbocycles. The fraction of sp³-hybridized carbons (Fsp3) is 0.233. The van der Waals surface area contributed by atoms with Crippen LogP contribution >= 0.6 is 12.2 Å². The average Bonchev–Trinajstić information content (AvgIpc) is 3.37. The number of aryl methyl sites for hydroxylation is 2. The minimum Gasteiger partial charge on any atom is -0.352 e. The molecule has 1 aliphatic heterocycles. The van der Waals surface area contributed by atoms with E-state index in [0.717, 1.165) is 39.6 Å². The number of carbonyl (C=O) groups is 1. The Kier molecular flexibility index (Phi) is 7.24. The van der Waals surface area contributed by atoms with Crippen LogP contribution in [0.4, 0.5) is 10.1 Å². The second kappa shape index (κ2) is 10.8. The van der Waals surface area contributed by atoms with Gasteiger partial charge in [0.15, 0.2) is 5.11 Å². The van der Waals surface area contributed by atoms with Gasteiger partial charge in [-0.05, 0) is 92.6 Å². The molecule has 2 N–H and O–H groups in total. The van der Waals surface area contributed by atoms with Crippen LogP contribution in [0.15, 0.2) is 79.0 Å². The number of pyridine rings is 1. The Morgan fingerprint density at radius 1 is 1.05 bits per heavy atom. The van der Waals surface area contributed by atoms with Crippen molar-refractivity contribution in [2.75, 3.05) is 11.9 Å². The third kappa shape index (κ3) is 5.17. The molecule has 1 fully saturated rings. The van der Waals surface area contributed by atoms with E-state index in [1.165, 1.54) is 12.1 Å². The summed E-state index contributed by atoms with van der Waals surface area (Å²) in [5.41, 5.74) is 6.50. The van der Waals surface area contributed by atoms with E-state index < -0.39 is 0 Å². The van der Waals surface area contributed by atoms with Gasteiger partial charge in [-0.1, -0.05) is 24.3 Å². The summed E-state index contributed by atoms with van der Waals surface area (Å²) >= 11 is 5.79. The number of thiocarbonyl (C=S) groups is 1. The second-order valence-electron chi connectivity index (χ2n) is 9.63. The van der Waals surface area contributed by atoms with Crippen molar-refractivity contribution in [3.05, 3.63) is 113 Å². The van der Waals surface area contributed by atoms with Gasteiger partial charge in [-0.25, -0.2) is 4.39 Å². The molecular weight excluding hydrogens is 497 g/mol. The number of amides is 1. The van der Waals surface area contributed by atoms with Crippen molar-refractivity contribution >= 4 is 28.9 Å². The molecule has 1 saturated heterocycles. The summed E-state index contributed by atoms with van der Waals surface area (Å²) in [5.74, 6) is -0.364. The van der Waals surface area contributed by atoms with Crippen LogP contribution in [-0.4, -0.2) is 32.0 Å². The van der Waals surface area contributed by atoms with E-state index in [2.05, 4.69) is 31.2 Å². The van der Waals surface area contributed by atoms with Crippen LogP contribution < -0.4 is 10.6 Å². The van der Waals surface area contributed by atoms with Crippen molar-refractivity contribution in [3.63, 3.8) is 0 Å². The Hall–Kier alpha value is -4.04. The lowest BCUT2D eigenvalue weighted by Crippen LogP contribution is -2.32. The number of halogens is 1. The maximum atomic E-state index is 14.1. The first-order valence-electron chi connectivity index (χ1n) is 12.6. The van der Waals surface area contributed by atoms with Gasteiger partial charge in [0.25, 0.3) is 0 Å². The van der Waals surface area contributed by atoms with Crippen molar-refractivity contribution in [1.82, 2.24) is 19.8 Å². The van der Waals surface area contributed by atoms with Gasteiger partial charge < -0.3 is 20.1 Å². The lowest BCUT2D eigenvalue weighted by Gasteiger charge is -2.28. The fourth-order valence-corrected chi connectivity index (χ4v) is 5.58. The standard InChI is InChI=1S/C30H30FN5OS/c1-19-8-6-10-23(16-19)33-27(37)13-15-35-29(28(34-30(35)38)26-12-4-5-14-32-26)25-17-20(2)36(21(25)3)24-11-7-9-22(31)18-24/h4-12,14,16-18,28-29H,13,15H2,1-3H3,(H,33,37)(H,34,38). The van der Waals surface area contributed by atoms with Gasteiger partial charge in [0, 0.05) is 41.9 Å². The van der Waals surface area contributed by atoms with Gasteiger partial charge in [-0.3, -0.25) is 9.78 Å². The first-order valence-corrected chi connectivity index (χ1v) is 13.0. The van der Waals surface area contributed by atoms with Crippen LogP contribution in [0.25, 0.3) is 5.69 Å². The highest BCUT2D eigenvalue weighted by atomic mass is 32.1. The fourth-order valence-electron chi connectivity index (χ4n) is 5.25. The minimum atomic E-state index is -0.284. The molecule has 3 heterocycles. The number of hydrogen-bond donors (Lipinski definition) is 2. The lowest BCUT2D eigenvalue weighted by molar-refractivity contribution is -0.116. The minimum absolute atomic E-state index is 0.0799. The van der Waals surface area contributed by atoms with Crippen molar-refractivity contribution in [1.29, 1.82) is 0 Å². The third-order valence-electron chi connectivity index (χ3n) is 6.93. The van der Waals surface area contributed by atoms with Crippen molar-refractivity contribution < 1.29 is 9.18 Å². The maximum absolute atomic E-state index is 14.1. The van der Waals surface area contributed by atoms with E-state index in [9.17, 15) is 9.18 Å². The Morgan fingerprint density at radius 3 is 2.61 bits per heavy atom.